The molecule has 0 spiro atoms. The number of pyridine rings is 1. The van der Waals surface area contributed by atoms with Crippen molar-refractivity contribution >= 4 is 38.3 Å². The van der Waals surface area contributed by atoms with E-state index in [9.17, 15) is 13.7 Å². The third kappa shape index (κ3) is 3.14. The second-order valence-electron chi connectivity index (χ2n) is 6.22. The van der Waals surface area contributed by atoms with E-state index in [0.29, 0.717) is 47.8 Å². The largest absolute Gasteiger partial charge is 0.368 e. The van der Waals surface area contributed by atoms with Gasteiger partial charge >= 0.3 is 0 Å². The maximum Gasteiger partial charge on any atom is 0.245 e. The topological polar surface area (TPSA) is 93.1 Å². The Balaban J connectivity index is 1.57. The van der Waals surface area contributed by atoms with Gasteiger partial charge in [0.15, 0.2) is 0 Å². The number of halogens is 1. The lowest BCUT2D eigenvalue weighted by atomic mass is 10.1. The summed E-state index contributed by atoms with van der Waals surface area (Å²) in [6.07, 6.45) is 3.11. The van der Waals surface area contributed by atoms with Crippen molar-refractivity contribution in [2.24, 2.45) is 0 Å². The van der Waals surface area contributed by atoms with Gasteiger partial charge in [-0.2, -0.15) is 9.57 Å². The van der Waals surface area contributed by atoms with Crippen molar-refractivity contribution < 1.29 is 8.42 Å². The Labute approximate surface area is 161 Å². The highest BCUT2D eigenvalue weighted by molar-refractivity contribution is 7.89. The van der Waals surface area contributed by atoms with Gasteiger partial charge < -0.3 is 9.88 Å². The molecule has 0 aliphatic carbocycles. The van der Waals surface area contributed by atoms with Gasteiger partial charge in [0.2, 0.25) is 10.0 Å². The van der Waals surface area contributed by atoms with Gasteiger partial charge in [0, 0.05) is 49.0 Å². The Morgan fingerprint density at radius 2 is 1.96 bits per heavy atom. The van der Waals surface area contributed by atoms with Crippen LogP contribution in [0.3, 0.4) is 0 Å². The third-order valence-corrected chi connectivity index (χ3v) is 6.86. The molecule has 138 valence electrons. The van der Waals surface area contributed by atoms with Gasteiger partial charge in [-0.05, 0) is 30.3 Å². The summed E-state index contributed by atoms with van der Waals surface area (Å²) in [4.78, 5) is 9.31. The van der Waals surface area contributed by atoms with Crippen LogP contribution in [-0.2, 0) is 10.0 Å². The van der Waals surface area contributed by atoms with Gasteiger partial charge in [-0.25, -0.2) is 13.4 Å². The second kappa shape index (κ2) is 6.85. The van der Waals surface area contributed by atoms with Gasteiger partial charge in [0.25, 0.3) is 0 Å². The molecule has 0 amide bonds. The molecule has 4 rings (SSSR count). The van der Waals surface area contributed by atoms with Gasteiger partial charge in [0.1, 0.15) is 16.6 Å². The van der Waals surface area contributed by atoms with Crippen LogP contribution in [0.5, 0.6) is 0 Å². The number of nitriles is 1. The molecule has 3 aromatic rings. The van der Waals surface area contributed by atoms with Crippen LogP contribution in [0.2, 0.25) is 5.02 Å². The first kappa shape index (κ1) is 17.8. The van der Waals surface area contributed by atoms with Crippen molar-refractivity contribution in [3.63, 3.8) is 0 Å². The van der Waals surface area contributed by atoms with E-state index < -0.39 is 10.0 Å². The Kier molecular flexibility index (Phi) is 4.52. The number of H-pyrrole nitrogens is 1. The standard InChI is InChI=1S/C18H16ClN5O2S/c19-14-3-4-16(13(10-14)11-20)23-6-8-24(9-7-23)27(25,26)17-12-22-18-15(17)2-1-5-21-18/h1-5,10,12H,6-9H2,(H,21,22). The molecule has 1 aliphatic rings. The fourth-order valence-electron chi connectivity index (χ4n) is 3.33. The van der Waals surface area contributed by atoms with E-state index in [1.54, 1.807) is 36.5 Å². The van der Waals surface area contributed by atoms with E-state index in [1.807, 2.05) is 4.90 Å². The molecule has 1 N–H and O–H groups in total. The van der Waals surface area contributed by atoms with Crippen LogP contribution < -0.4 is 4.90 Å². The van der Waals surface area contributed by atoms with Gasteiger partial charge in [-0.3, -0.25) is 0 Å². The summed E-state index contributed by atoms with van der Waals surface area (Å²) < 4.78 is 27.6. The first-order chi connectivity index (χ1) is 13.0. The molecule has 1 fully saturated rings. The van der Waals surface area contributed by atoms with Crippen molar-refractivity contribution in [1.82, 2.24) is 14.3 Å². The van der Waals surface area contributed by atoms with Crippen molar-refractivity contribution in [2.45, 2.75) is 4.90 Å². The fourth-order valence-corrected chi connectivity index (χ4v) is 5.07. The Morgan fingerprint density at radius 3 is 2.70 bits per heavy atom. The number of anilines is 1. The average molecular weight is 402 g/mol. The highest BCUT2D eigenvalue weighted by Crippen LogP contribution is 2.28. The van der Waals surface area contributed by atoms with Gasteiger partial charge in [-0.15, -0.1) is 0 Å². The maximum atomic E-state index is 13.1. The first-order valence-electron chi connectivity index (χ1n) is 8.37. The summed E-state index contributed by atoms with van der Waals surface area (Å²) in [5, 5.41) is 10.4. The smallest absolute Gasteiger partial charge is 0.245 e. The van der Waals surface area contributed by atoms with Crippen LogP contribution in [0.4, 0.5) is 5.69 Å². The summed E-state index contributed by atoms with van der Waals surface area (Å²) in [5.74, 6) is 0. The first-order valence-corrected chi connectivity index (χ1v) is 10.2. The van der Waals surface area contributed by atoms with E-state index in [1.165, 1.54) is 10.5 Å². The molecule has 27 heavy (non-hydrogen) atoms. The molecule has 1 aromatic carbocycles. The predicted molar refractivity (Wildman–Crippen MR) is 103 cm³/mol. The number of piperazine rings is 1. The van der Waals surface area contributed by atoms with Gasteiger partial charge in [0.05, 0.1) is 11.3 Å². The zero-order valence-corrected chi connectivity index (χ0v) is 15.8. The molecule has 0 saturated carbocycles. The highest BCUT2D eigenvalue weighted by Gasteiger charge is 2.31. The number of hydrogen-bond acceptors (Lipinski definition) is 5. The minimum atomic E-state index is -3.62. The number of rotatable bonds is 3. The van der Waals surface area contributed by atoms with Crippen molar-refractivity contribution in [1.29, 1.82) is 5.26 Å². The average Bonchev–Trinajstić information content (AvgIpc) is 3.13. The molecule has 2 aromatic heterocycles. The van der Waals surface area contributed by atoms with E-state index in [4.69, 9.17) is 11.6 Å². The lowest BCUT2D eigenvalue weighted by molar-refractivity contribution is 0.385. The SMILES string of the molecule is N#Cc1cc(Cl)ccc1N1CCN(S(=O)(=O)c2c[nH]c3ncccc23)CC1. The summed E-state index contributed by atoms with van der Waals surface area (Å²) in [6, 6.07) is 10.8. The molecule has 1 saturated heterocycles. The Hall–Kier alpha value is -2.60. The molecule has 7 nitrogen and oxygen atoms in total. The number of nitrogens with one attached hydrogen (secondary N) is 1. The highest BCUT2D eigenvalue weighted by atomic mass is 35.5. The summed E-state index contributed by atoms with van der Waals surface area (Å²) in [5.41, 5.74) is 1.81. The van der Waals surface area contributed by atoms with Gasteiger partial charge in [-0.1, -0.05) is 11.6 Å². The monoisotopic (exact) mass is 401 g/mol. The predicted octanol–water partition coefficient (Wildman–Crippen LogP) is 2.60. The van der Waals surface area contributed by atoms with Crippen LogP contribution in [0.15, 0.2) is 47.6 Å². The van der Waals surface area contributed by atoms with E-state index in [-0.39, 0.29) is 4.90 Å². The lowest BCUT2D eigenvalue weighted by Gasteiger charge is -2.35. The molecule has 3 heterocycles. The summed E-state index contributed by atoms with van der Waals surface area (Å²) in [7, 11) is -3.62. The quantitative estimate of drug-likeness (QED) is 0.728. The molecule has 0 radical (unpaired) electrons. The minimum absolute atomic E-state index is 0.239. The number of nitrogens with zero attached hydrogens (tertiary/aromatic N) is 4. The summed E-state index contributed by atoms with van der Waals surface area (Å²) in [6.45, 7) is 1.66. The van der Waals surface area contributed by atoms with Crippen molar-refractivity contribution in [3.05, 3.63) is 53.3 Å². The minimum Gasteiger partial charge on any atom is -0.368 e. The lowest BCUT2D eigenvalue weighted by Crippen LogP contribution is -2.48. The molecule has 1 aliphatic heterocycles. The molecular weight excluding hydrogens is 386 g/mol. The molecular formula is C18H16ClN5O2S. The number of aromatic amines is 1. The second-order valence-corrected chi connectivity index (χ2v) is 8.56. The Bertz CT molecular complexity index is 1140. The number of aromatic nitrogens is 2. The molecule has 0 bridgehead atoms. The Morgan fingerprint density at radius 1 is 1.19 bits per heavy atom. The fraction of sp³-hybridized carbons (Fsp3) is 0.222. The van der Waals surface area contributed by atoms with Crippen LogP contribution >= 0.6 is 11.6 Å². The number of sulfonamides is 1. The van der Waals surface area contributed by atoms with Crippen LogP contribution in [0.1, 0.15) is 5.56 Å². The normalized spacial score (nSPS) is 15.8. The van der Waals surface area contributed by atoms with Crippen molar-refractivity contribution in [2.75, 3.05) is 31.1 Å². The summed E-state index contributed by atoms with van der Waals surface area (Å²) >= 11 is 5.96. The number of hydrogen-bond donors (Lipinski definition) is 1. The van der Waals surface area contributed by atoms with E-state index >= 15 is 0 Å². The number of fused-ring (bicyclic) bond motifs is 1. The van der Waals surface area contributed by atoms with Crippen LogP contribution in [-0.4, -0.2) is 48.9 Å². The molecule has 0 atom stereocenters. The maximum absolute atomic E-state index is 13.1. The number of benzene rings is 1. The van der Waals surface area contributed by atoms with Crippen molar-refractivity contribution in [3.8, 4) is 6.07 Å². The van der Waals surface area contributed by atoms with E-state index in [0.717, 1.165) is 5.69 Å². The van der Waals surface area contributed by atoms with Crippen LogP contribution in [0, 0.1) is 11.3 Å². The third-order valence-electron chi connectivity index (χ3n) is 4.69. The molecule has 9 heteroatoms. The zero-order chi connectivity index (χ0) is 19.0. The van der Waals surface area contributed by atoms with E-state index in [2.05, 4.69) is 16.0 Å². The zero-order valence-electron chi connectivity index (χ0n) is 14.3. The van der Waals surface area contributed by atoms with Crippen LogP contribution in [0.25, 0.3) is 11.0 Å². The molecule has 0 unspecified atom stereocenters.